The second kappa shape index (κ2) is 9.59. The van der Waals surface area contributed by atoms with Crippen molar-refractivity contribution in [2.45, 2.75) is 70.1 Å². The van der Waals surface area contributed by atoms with Crippen molar-refractivity contribution in [1.29, 1.82) is 0 Å². The number of hydrogen-bond donors (Lipinski definition) is 2. The number of rotatable bonds is 9. The third kappa shape index (κ3) is 4.78. The molecule has 2 saturated carbocycles. The minimum absolute atomic E-state index is 0.146. The number of carboxylic acid groups (broad SMARTS) is 1. The number of halogens is 1. The highest BCUT2D eigenvalue weighted by molar-refractivity contribution is 5.83. The highest BCUT2D eigenvalue weighted by Crippen LogP contribution is 2.41. The van der Waals surface area contributed by atoms with Crippen molar-refractivity contribution in [3.63, 3.8) is 0 Å². The van der Waals surface area contributed by atoms with Gasteiger partial charge in [0.15, 0.2) is 11.6 Å². The fourth-order valence-electron chi connectivity index (χ4n) is 4.67. The Morgan fingerprint density at radius 2 is 1.85 bits per heavy atom. The lowest BCUT2D eigenvalue weighted by molar-refractivity contribution is -0.143. The van der Waals surface area contributed by atoms with E-state index in [1.165, 1.54) is 7.11 Å². The summed E-state index contributed by atoms with van der Waals surface area (Å²) in [7, 11) is 2.98. The lowest BCUT2D eigenvalue weighted by Crippen LogP contribution is -2.47. The summed E-state index contributed by atoms with van der Waals surface area (Å²) in [5.41, 5.74) is 2.13. The summed E-state index contributed by atoms with van der Waals surface area (Å²) in [5.74, 6) is -0.612. The van der Waals surface area contributed by atoms with Crippen molar-refractivity contribution >= 4 is 11.7 Å². The van der Waals surface area contributed by atoms with Gasteiger partial charge in [0.2, 0.25) is 0 Å². The number of aliphatic carboxylic acids is 1. The van der Waals surface area contributed by atoms with Crippen LogP contribution in [0.5, 0.6) is 11.5 Å². The molecule has 33 heavy (non-hydrogen) atoms. The standard InChI is InChI=1S/C26H32FNO5/c1-16-22(31-2)14-21(23(27)24(16)32-3)20-10-7-18(13-17(20)15-33-19-8-9-19)28-26(25(29)30)11-5-4-6-12-26/h7,10,13-14,19,28H,4-6,8-9,11-12,15H2,1-3H3,(H,29,30). The van der Waals surface area contributed by atoms with Crippen LogP contribution in [0.15, 0.2) is 24.3 Å². The molecule has 0 spiro atoms. The monoisotopic (exact) mass is 457 g/mol. The normalized spacial score (nSPS) is 17.5. The second-order valence-electron chi connectivity index (χ2n) is 9.05. The zero-order valence-electron chi connectivity index (χ0n) is 19.5. The van der Waals surface area contributed by atoms with Gasteiger partial charge in [0.05, 0.1) is 26.9 Å². The van der Waals surface area contributed by atoms with Crippen LogP contribution in [0.1, 0.15) is 56.1 Å². The predicted molar refractivity (Wildman–Crippen MR) is 125 cm³/mol. The quantitative estimate of drug-likeness (QED) is 0.503. The minimum Gasteiger partial charge on any atom is -0.496 e. The van der Waals surface area contributed by atoms with Crippen molar-refractivity contribution in [3.05, 3.63) is 41.2 Å². The van der Waals surface area contributed by atoms with Gasteiger partial charge in [0.1, 0.15) is 11.3 Å². The summed E-state index contributed by atoms with van der Waals surface area (Å²) < 4.78 is 32.2. The molecule has 0 heterocycles. The van der Waals surface area contributed by atoms with Gasteiger partial charge in [0, 0.05) is 16.8 Å². The van der Waals surface area contributed by atoms with E-state index in [9.17, 15) is 9.90 Å². The van der Waals surface area contributed by atoms with E-state index in [0.29, 0.717) is 47.6 Å². The van der Waals surface area contributed by atoms with E-state index < -0.39 is 17.3 Å². The topological polar surface area (TPSA) is 77.0 Å². The van der Waals surface area contributed by atoms with Gasteiger partial charge in [-0.3, -0.25) is 0 Å². The van der Waals surface area contributed by atoms with Gasteiger partial charge in [0.25, 0.3) is 0 Å². The van der Waals surface area contributed by atoms with Crippen LogP contribution in [-0.2, 0) is 16.1 Å². The second-order valence-corrected chi connectivity index (χ2v) is 9.05. The van der Waals surface area contributed by atoms with Crippen LogP contribution in [0.25, 0.3) is 11.1 Å². The number of anilines is 1. The van der Waals surface area contributed by atoms with E-state index in [4.69, 9.17) is 14.2 Å². The summed E-state index contributed by atoms with van der Waals surface area (Å²) >= 11 is 0. The van der Waals surface area contributed by atoms with Crippen LogP contribution < -0.4 is 14.8 Å². The molecule has 4 rings (SSSR count). The number of carbonyl (C=O) groups is 1. The lowest BCUT2D eigenvalue weighted by Gasteiger charge is -2.35. The highest BCUT2D eigenvalue weighted by atomic mass is 19.1. The first kappa shape index (κ1) is 23.4. The van der Waals surface area contributed by atoms with Crippen molar-refractivity contribution < 1.29 is 28.5 Å². The number of hydrogen-bond acceptors (Lipinski definition) is 5. The molecule has 2 aliphatic carbocycles. The van der Waals surface area contributed by atoms with E-state index in [-0.39, 0.29) is 11.9 Å². The molecule has 178 valence electrons. The van der Waals surface area contributed by atoms with Gasteiger partial charge in [-0.25, -0.2) is 9.18 Å². The fraction of sp³-hybridized carbons (Fsp3) is 0.500. The molecular formula is C26H32FNO5. The fourth-order valence-corrected chi connectivity index (χ4v) is 4.67. The van der Waals surface area contributed by atoms with Gasteiger partial charge < -0.3 is 24.6 Å². The average Bonchev–Trinajstić information content (AvgIpc) is 3.64. The van der Waals surface area contributed by atoms with Crippen molar-refractivity contribution in [2.24, 2.45) is 0 Å². The molecule has 0 amide bonds. The number of methoxy groups -OCH3 is 2. The molecule has 0 aliphatic heterocycles. The Morgan fingerprint density at radius 3 is 2.45 bits per heavy atom. The summed E-state index contributed by atoms with van der Waals surface area (Å²) in [4.78, 5) is 12.1. The molecule has 2 N–H and O–H groups in total. The summed E-state index contributed by atoms with van der Waals surface area (Å²) in [6.07, 6.45) is 6.24. The Labute approximate surface area is 194 Å². The molecular weight excluding hydrogens is 425 g/mol. The van der Waals surface area contributed by atoms with Crippen LogP contribution >= 0.6 is 0 Å². The van der Waals surface area contributed by atoms with Crippen LogP contribution in [0.2, 0.25) is 0 Å². The SMILES string of the molecule is COc1cc(-c2ccc(NC3(C(=O)O)CCCCC3)cc2COC2CC2)c(F)c(OC)c1C. The first-order valence-corrected chi connectivity index (χ1v) is 11.6. The predicted octanol–water partition coefficient (Wildman–Crippen LogP) is 5.70. The minimum atomic E-state index is -0.976. The van der Waals surface area contributed by atoms with Crippen LogP contribution in [0.3, 0.4) is 0 Å². The molecule has 0 aromatic heterocycles. The van der Waals surface area contributed by atoms with Crippen LogP contribution in [0.4, 0.5) is 10.1 Å². The lowest BCUT2D eigenvalue weighted by atomic mass is 9.81. The van der Waals surface area contributed by atoms with Gasteiger partial charge in [-0.1, -0.05) is 25.3 Å². The van der Waals surface area contributed by atoms with Gasteiger partial charge >= 0.3 is 5.97 Å². The first-order valence-electron chi connectivity index (χ1n) is 11.6. The van der Waals surface area contributed by atoms with Gasteiger partial charge in [-0.2, -0.15) is 0 Å². The highest BCUT2D eigenvalue weighted by Gasteiger charge is 2.39. The largest absolute Gasteiger partial charge is 0.496 e. The molecule has 2 fully saturated rings. The van der Waals surface area contributed by atoms with Gasteiger partial charge in [-0.05, 0) is 61.9 Å². The number of nitrogens with one attached hydrogen (secondary N) is 1. The van der Waals surface area contributed by atoms with Crippen LogP contribution in [-0.4, -0.2) is 36.9 Å². The third-order valence-corrected chi connectivity index (χ3v) is 6.74. The van der Waals surface area contributed by atoms with Gasteiger partial charge in [-0.15, -0.1) is 0 Å². The number of benzene rings is 2. The van der Waals surface area contributed by atoms with Crippen molar-refractivity contribution in [2.75, 3.05) is 19.5 Å². The van der Waals surface area contributed by atoms with Crippen LogP contribution in [0, 0.1) is 12.7 Å². The Kier molecular flexibility index (Phi) is 6.79. The summed E-state index contributed by atoms with van der Waals surface area (Å²) in [5, 5.41) is 13.2. The summed E-state index contributed by atoms with van der Waals surface area (Å²) in [6, 6.07) is 7.19. The first-order chi connectivity index (χ1) is 15.9. The van der Waals surface area contributed by atoms with E-state index >= 15 is 4.39 Å². The summed E-state index contributed by atoms with van der Waals surface area (Å²) in [6.45, 7) is 2.07. The molecule has 0 radical (unpaired) electrons. The number of carboxylic acids is 1. The maximum absolute atomic E-state index is 15.5. The molecule has 7 heteroatoms. The molecule has 0 atom stereocenters. The molecule has 2 aromatic carbocycles. The molecule has 0 unspecified atom stereocenters. The van der Waals surface area contributed by atoms with Crippen molar-refractivity contribution in [3.8, 4) is 22.6 Å². The maximum atomic E-state index is 15.5. The van der Waals surface area contributed by atoms with E-state index in [2.05, 4.69) is 5.32 Å². The third-order valence-electron chi connectivity index (χ3n) is 6.74. The van der Waals surface area contributed by atoms with E-state index in [1.807, 2.05) is 18.2 Å². The zero-order valence-corrected chi connectivity index (χ0v) is 19.5. The zero-order chi connectivity index (χ0) is 23.6. The Morgan fingerprint density at radius 1 is 1.12 bits per heavy atom. The average molecular weight is 458 g/mol. The van der Waals surface area contributed by atoms with E-state index in [1.54, 1.807) is 20.1 Å². The smallest absolute Gasteiger partial charge is 0.329 e. The molecule has 6 nitrogen and oxygen atoms in total. The Bertz CT molecular complexity index is 1030. The Hall–Kier alpha value is -2.80. The Balaban J connectivity index is 1.75. The molecule has 2 aliphatic rings. The molecule has 0 bridgehead atoms. The maximum Gasteiger partial charge on any atom is 0.329 e. The van der Waals surface area contributed by atoms with Crippen molar-refractivity contribution in [1.82, 2.24) is 0 Å². The molecule has 0 saturated heterocycles. The number of ether oxygens (including phenoxy) is 3. The van der Waals surface area contributed by atoms with E-state index in [0.717, 1.165) is 37.7 Å². The molecule has 2 aromatic rings.